The van der Waals surface area contributed by atoms with E-state index in [0.717, 1.165) is 24.4 Å². The summed E-state index contributed by atoms with van der Waals surface area (Å²) in [6.07, 6.45) is 4.97. The summed E-state index contributed by atoms with van der Waals surface area (Å²) in [5, 5.41) is 14.6. The largest absolute Gasteiger partial charge is 0.350 e. The Morgan fingerprint density at radius 2 is 2.25 bits per heavy atom. The fourth-order valence-electron chi connectivity index (χ4n) is 2.65. The van der Waals surface area contributed by atoms with Crippen LogP contribution in [0.15, 0.2) is 17.2 Å². The molecule has 2 aromatic heterocycles. The third kappa shape index (κ3) is 3.70. The van der Waals surface area contributed by atoms with Gasteiger partial charge in [-0.3, -0.25) is 10.1 Å². The van der Waals surface area contributed by atoms with Crippen LogP contribution in [0.2, 0.25) is 0 Å². The number of nitrogens with zero attached hydrogens (tertiary/aromatic N) is 5. The summed E-state index contributed by atoms with van der Waals surface area (Å²) < 4.78 is 1.50. The molecule has 1 aliphatic rings. The Labute approximate surface area is 142 Å². The molecule has 0 aromatic carbocycles. The molecule has 0 bridgehead atoms. The van der Waals surface area contributed by atoms with Gasteiger partial charge < -0.3 is 14.8 Å². The maximum absolute atomic E-state index is 12.2. The van der Waals surface area contributed by atoms with Crippen molar-refractivity contribution in [3.63, 3.8) is 0 Å². The van der Waals surface area contributed by atoms with Crippen LogP contribution in [0.3, 0.4) is 0 Å². The maximum Gasteiger partial charge on any atom is 0.321 e. The lowest BCUT2D eigenvalue weighted by atomic mass is 10.1. The Bertz CT molecular complexity index is 787. The molecule has 24 heavy (non-hydrogen) atoms. The zero-order valence-corrected chi connectivity index (χ0v) is 14.3. The Kier molecular flexibility index (Phi) is 4.74. The van der Waals surface area contributed by atoms with Crippen LogP contribution < -0.4 is 21.1 Å². The highest BCUT2D eigenvalue weighted by molar-refractivity contribution is 7.15. The van der Waals surface area contributed by atoms with Gasteiger partial charge in [-0.25, -0.2) is 9.78 Å². The van der Waals surface area contributed by atoms with Gasteiger partial charge in [-0.05, 0) is 19.8 Å². The quantitative estimate of drug-likeness (QED) is 0.846. The first-order valence-corrected chi connectivity index (χ1v) is 8.49. The van der Waals surface area contributed by atoms with Gasteiger partial charge >= 0.3 is 6.03 Å². The van der Waals surface area contributed by atoms with E-state index in [-0.39, 0.29) is 17.6 Å². The molecule has 1 aliphatic heterocycles. The molecule has 2 aromatic rings. The van der Waals surface area contributed by atoms with Gasteiger partial charge in [0.05, 0.1) is 0 Å². The number of urea groups is 1. The van der Waals surface area contributed by atoms with E-state index < -0.39 is 0 Å². The summed E-state index contributed by atoms with van der Waals surface area (Å²) in [7, 11) is 1.70. The molecular weight excluding hydrogens is 330 g/mol. The van der Waals surface area contributed by atoms with Crippen molar-refractivity contribution in [3.05, 3.63) is 27.8 Å². The minimum absolute atomic E-state index is 0.0560. The van der Waals surface area contributed by atoms with Crippen molar-refractivity contribution >= 4 is 28.3 Å². The van der Waals surface area contributed by atoms with Gasteiger partial charge in [0.2, 0.25) is 5.13 Å². The van der Waals surface area contributed by atoms with Crippen LogP contribution in [-0.4, -0.2) is 44.9 Å². The minimum atomic E-state index is -0.313. The topological polar surface area (TPSA) is 105 Å². The molecule has 0 spiro atoms. The second-order valence-corrected chi connectivity index (χ2v) is 6.86. The van der Waals surface area contributed by atoms with Gasteiger partial charge in [0.1, 0.15) is 5.01 Å². The molecular formula is C14H19N7O2S. The van der Waals surface area contributed by atoms with Crippen molar-refractivity contribution in [2.45, 2.75) is 25.8 Å². The third-order valence-corrected chi connectivity index (χ3v) is 4.56. The lowest BCUT2D eigenvalue weighted by Crippen LogP contribution is -2.50. The molecule has 0 aliphatic carbocycles. The summed E-state index contributed by atoms with van der Waals surface area (Å²) in [4.78, 5) is 30.4. The molecule has 0 radical (unpaired) electrons. The predicted octanol–water partition coefficient (Wildman–Crippen LogP) is 0.731. The number of aromatic nitrogens is 4. The second kappa shape index (κ2) is 6.95. The van der Waals surface area contributed by atoms with Gasteiger partial charge in [-0.15, -0.1) is 10.2 Å². The highest BCUT2D eigenvalue weighted by Gasteiger charge is 2.24. The SMILES string of the molecule is Cc1nnc(NC(=O)N[C@@H]2CCCN(c3nccn(C)c3=O)C2)s1. The molecule has 10 heteroatoms. The molecule has 2 N–H and O–H groups in total. The molecule has 9 nitrogen and oxygen atoms in total. The van der Waals surface area contributed by atoms with Crippen LogP contribution in [0.25, 0.3) is 0 Å². The molecule has 3 heterocycles. The van der Waals surface area contributed by atoms with Gasteiger partial charge in [0, 0.05) is 38.6 Å². The number of hydrogen-bond donors (Lipinski definition) is 2. The number of carbonyl (C=O) groups excluding carboxylic acids is 1. The van der Waals surface area contributed by atoms with E-state index >= 15 is 0 Å². The Balaban J connectivity index is 1.62. The van der Waals surface area contributed by atoms with E-state index in [1.54, 1.807) is 19.4 Å². The van der Waals surface area contributed by atoms with Crippen molar-refractivity contribution in [1.29, 1.82) is 0 Å². The first kappa shape index (κ1) is 16.4. The standard InChI is InChI=1S/C14H19N7O2S/c1-9-18-19-14(24-9)17-13(23)16-10-4-3-6-21(8-10)11-12(22)20(2)7-5-15-11/h5,7,10H,3-4,6,8H2,1-2H3,(H2,16,17,19,23)/t10-/m1/s1. The van der Waals surface area contributed by atoms with Crippen LogP contribution in [-0.2, 0) is 7.05 Å². The van der Waals surface area contributed by atoms with Crippen molar-refractivity contribution in [3.8, 4) is 0 Å². The number of nitrogens with one attached hydrogen (secondary N) is 2. The summed E-state index contributed by atoms with van der Waals surface area (Å²) in [5.74, 6) is 0.423. The number of amides is 2. The zero-order chi connectivity index (χ0) is 17.1. The van der Waals surface area contributed by atoms with Crippen LogP contribution in [0.4, 0.5) is 15.7 Å². The molecule has 1 atom stereocenters. The van der Waals surface area contributed by atoms with E-state index in [4.69, 9.17) is 0 Å². The molecule has 0 unspecified atom stereocenters. The van der Waals surface area contributed by atoms with Crippen LogP contribution in [0.1, 0.15) is 17.8 Å². The third-order valence-electron chi connectivity index (χ3n) is 3.80. The number of aryl methyl sites for hydroxylation is 2. The molecule has 2 amide bonds. The van der Waals surface area contributed by atoms with E-state index in [0.29, 0.717) is 17.5 Å². The van der Waals surface area contributed by atoms with E-state index in [1.807, 2.05) is 11.8 Å². The first-order chi connectivity index (χ1) is 11.5. The molecule has 3 rings (SSSR count). The number of carbonyl (C=O) groups is 1. The lowest BCUT2D eigenvalue weighted by molar-refractivity contribution is 0.246. The predicted molar refractivity (Wildman–Crippen MR) is 91.5 cm³/mol. The van der Waals surface area contributed by atoms with E-state index in [9.17, 15) is 9.59 Å². The molecule has 128 valence electrons. The van der Waals surface area contributed by atoms with Crippen LogP contribution in [0.5, 0.6) is 0 Å². The van der Waals surface area contributed by atoms with Gasteiger partial charge in [0.25, 0.3) is 5.56 Å². The second-order valence-electron chi connectivity index (χ2n) is 5.68. The first-order valence-electron chi connectivity index (χ1n) is 7.67. The Morgan fingerprint density at radius 1 is 1.42 bits per heavy atom. The summed E-state index contributed by atoms with van der Waals surface area (Å²) in [6, 6.07) is -0.369. The Morgan fingerprint density at radius 3 is 3.00 bits per heavy atom. The number of hydrogen-bond acceptors (Lipinski definition) is 7. The monoisotopic (exact) mass is 349 g/mol. The summed E-state index contributed by atoms with van der Waals surface area (Å²) >= 11 is 1.32. The summed E-state index contributed by atoms with van der Waals surface area (Å²) in [5.41, 5.74) is -0.132. The molecule has 1 fully saturated rings. The van der Waals surface area contributed by atoms with Crippen LogP contribution in [0, 0.1) is 6.92 Å². The van der Waals surface area contributed by atoms with Crippen molar-refractivity contribution < 1.29 is 4.79 Å². The lowest BCUT2D eigenvalue weighted by Gasteiger charge is -2.33. The van der Waals surface area contributed by atoms with E-state index in [2.05, 4.69) is 25.8 Å². The van der Waals surface area contributed by atoms with Crippen molar-refractivity contribution in [1.82, 2.24) is 25.1 Å². The Hall–Kier alpha value is -2.49. The van der Waals surface area contributed by atoms with Crippen molar-refractivity contribution in [2.24, 2.45) is 7.05 Å². The highest BCUT2D eigenvalue weighted by atomic mass is 32.1. The summed E-state index contributed by atoms with van der Waals surface area (Å²) in [6.45, 7) is 3.13. The van der Waals surface area contributed by atoms with Gasteiger partial charge in [0.15, 0.2) is 5.82 Å². The average molecular weight is 349 g/mol. The average Bonchev–Trinajstić information content (AvgIpc) is 2.95. The maximum atomic E-state index is 12.2. The number of anilines is 2. The fourth-order valence-corrected chi connectivity index (χ4v) is 3.24. The normalized spacial score (nSPS) is 17.6. The molecule has 0 saturated carbocycles. The molecule has 1 saturated heterocycles. The minimum Gasteiger partial charge on any atom is -0.350 e. The fraction of sp³-hybridized carbons (Fsp3) is 0.500. The van der Waals surface area contributed by atoms with Gasteiger partial charge in [-0.2, -0.15) is 0 Å². The number of rotatable bonds is 3. The smallest absolute Gasteiger partial charge is 0.321 e. The highest BCUT2D eigenvalue weighted by Crippen LogP contribution is 2.16. The van der Waals surface area contributed by atoms with Crippen LogP contribution >= 0.6 is 11.3 Å². The van der Waals surface area contributed by atoms with Crippen molar-refractivity contribution in [2.75, 3.05) is 23.3 Å². The zero-order valence-electron chi connectivity index (χ0n) is 13.5. The van der Waals surface area contributed by atoms with Gasteiger partial charge in [-0.1, -0.05) is 11.3 Å². The number of piperidine rings is 1. The van der Waals surface area contributed by atoms with E-state index in [1.165, 1.54) is 15.9 Å².